The number of ether oxygens (including phenoxy) is 1. The number of hydrogen-bond acceptors (Lipinski definition) is 2. The van der Waals surface area contributed by atoms with Crippen molar-refractivity contribution in [3.8, 4) is 5.75 Å². The van der Waals surface area contributed by atoms with Crippen molar-refractivity contribution in [2.45, 2.75) is 25.9 Å². The monoisotopic (exact) mass is 178 g/mol. The topological polar surface area (TPSA) is 29.5 Å². The fourth-order valence-electron chi connectivity index (χ4n) is 2.09. The molecule has 0 spiro atoms. The van der Waals surface area contributed by atoms with Crippen LogP contribution in [0.25, 0.3) is 0 Å². The molecule has 0 bridgehead atoms. The van der Waals surface area contributed by atoms with E-state index in [9.17, 15) is 5.11 Å². The summed E-state index contributed by atoms with van der Waals surface area (Å²) in [6, 6.07) is 4.07. The predicted octanol–water partition coefficient (Wildman–Crippen LogP) is 1.77. The number of benzene rings is 1. The molecular formula is C11H14O2. The zero-order valence-electron chi connectivity index (χ0n) is 8.22. The van der Waals surface area contributed by atoms with E-state index in [0.717, 1.165) is 17.7 Å². The van der Waals surface area contributed by atoms with Gasteiger partial charge < -0.3 is 9.84 Å². The average molecular weight is 178 g/mol. The Labute approximate surface area is 78.2 Å². The summed E-state index contributed by atoms with van der Waals surface area (Å²) in [5.74, 6) is 0.811. The molecule has 0 aliphatic heterocycles. The smallest absolute Gasteiger partial charge is 0.125 e. The second kappa shape index (κ2) is 2.48. The maximum Gasteiger partial charge on any atom is 0.125 e. The van der Waals surface area contributed by atoms with Crippen LogP contribution >= 0.6 is 0 Å². The van der Waals surface area contributed by atoms with Crippen molar-refractivity contribution in [3.63, 3.8) is 0 Å². The van der Waals surface area contributed by atoms with Crippen molar-refractivity contribution in [2.75, 3.05) is 7.11 Å². The van der Waals surface area contributed by atoms with E-state index in [4.69, 9.17) is 4.74 Å². The standard InChI is InChI=1S/C11H14O2/c1-7-4-8-6-11(2,12)10(8)9(5-7)13-3/h4-5,12H,6H2,1-3H3. The third-order valence-corrected chi connectivity index (χ3v) is 2.62. The molecule has 0 aromatic heterocycles. The van der Waals surface area contributed by atoms with Crippen molar-refractivity contribution in [2.24, 2.45) is 0 Å². The van der Waals surface area contributed by atoms with Crippen LogP contribution < -0.4 is 4.74 Å². The maximum atomic E-state index is 9.89. The minimum Gasteiger partial charge on any atom is -0.496 e. The molecule has 2 rings (SSSR count). The van der Waals surface area contributed by atoms with Crippen LogP contribution in [0.5, 0.6) is 5.75 Å². The van der Waals surface area contributed by atoms with E-state index in [1.54, 1.807) is 7.11 Å². The summed E-state index contributed by atoms with van der Waals surface area (Å²) in [7, 11) is 1.64. The number of fused-ring (bicyclic) bond motifs is 1. The van der Waals surface area contributed by atoms with E-state index in [1.807, 2.05) is 19.9 Å². The fourth-order valence-corrected chi connectivity index (χ4v) is 2.09. The van der Waals surface area contributed by atoms with Gasteiger partial charge >= 0.3 is 0 Å². The summed E-state index contributed by atoms with van der Waals surface area (Å²) in [6.07, 6.45) is 0.736. The van der Waals surface area contributed by atoms with Gasteiger partial charge in [0.05, 0.1) is 12.7 Å². The van der Waals surface area contributed by atoms with Crippen LogP contribution in [0.3, 0.4) is 0 Å². The Hall–Kier alpha value is -1.02. The van der Waals surface area contributed by atoms with Crippen molar-refractivity contribution in [3.05, 3.63) is 28.8 Å². The highest BCUT2D eigenvalue weighted by Gasteiger charge is 2.39. The van der Waals surface area contributed by atoms with Gasteiger partial charge in [-0.2, -0.15) is 0 Å². The summed E-state index contributed by atoms with van der Waals surface area (Å²) in [5, 5.41) is 9.89. The van der Waals surface area contributed by atoms with Gasteiger partial charge in [0.15, 0.2) is 0 Å². The van der Waals surface area contributed by atoms with Gasteiger partial charge in [0.25, 0.3) is 0 Å². The second-order valence-corrected chi connectivity index (χ2v) is 3.95. The Morgan fingerprint density at radius 3 is 2.69 bits per heavy atom. The maximum absolute atomic E-state index is 9.89. The van der Waals surface area contributed by atoms with Crippen molar-refractivity contribution in [1.82, 2.24) is 0 Å². The Bertz CT molecular complexity index is 353. The highest BCUT2D eigenvalue weighted by Crippen LogP contribution is 2.44. The molecule has 2 nitrogen and oxygen atoms in total. The Kier molecular flexibility index (Phi) is 1.64. The first-order valence-electron chi connectivity index (χ1n) is 4.45. The lowest BCUT2D eigenvalue weighted by atomic mass is 9.73. The van der Waals surface area contributed by atoms with Crippen molar-refractivity contribution < 1.29 is 9.84 Å². The first-order chi connectivity index (χ1) is 6.04. The van der Waals surface area contributed by atoms with Crippen LogP contribution in [0.4, 0.5) is 0 Å². The Morgan fingerprint density at radius 2 is 2.15 bits per heavy atom. The van der Waals surface area contributed by atoms with Gasteiger partial charge in [0.1, 0.15) is 5.75 Å². The Morgan fingerprint density at radius 1 is 1.46 bits per heavy atom. The quantitative estimate of drug-likeness (QED) is 0.710. The average Bonchev–Trinajstić information content (AvgIpc) is 2.01. The molecule has 1 aromatic rings. The number of aliphatic hydroxyl groups is 1. The lowest BCUT2D eigenvalue weighted by Crippen LogP contribution is -2.36. The molecule has 70 valence electrons. The van der Waals surface area contributed by atoms with Crippen LogP contribution in [0.15, 0.2) is 12.1 Å². The molecule has 0 saturated carbocycles. The summed E-state index contributed by atoms with van der Waals surface area (Å²) < 4.78 is 5.23. The van der Waals surface area contributed by atoms with E-state index in [1.165, 1.54) is 11.1 Å². The molecule has 1 unspecified atom stereocenters. The van der Waals surface area contributed by atoms with Gasteiger partial charge in [-0.1, -0.05) is 6.07 Å². The minimum absolute atomic E-state index is 0.686. The SMILES string of the molecule is COc1cc(C)cc2c1C(C)(O)C2. The first kappa shape index (κ1) is 8.57. The molecule has 1 N–H and O–H groups in total. The lowest BCUT2D eigenvalue weighted by molar-refractivity contribution is 0.0298. The van der Waals surface area contributed by atoms with Gasteiger partial charge in [0, 0.05) is 12.0 Å². The van der Waals surface area contributed by atoms with E-state index < -0.39 is 5.60 Å². The number of aryl methyl sites for hydroxylation is 1. The normalized spacial score (nSPS) is 24.9. The molecule has 13 heavy (non-hydrogen) atoms. The van der Waals surface area contributed by atoms with Crippen LogP contribution in [-0.4, -0.2) is 12.2 Å². The molecule has 1 aliphatic rings. The zero-order chi connectivity index (χ0) is 9.64. The van der Waals surface area contributed by atoms with E-state index in [0.29, 0.717) is 0 Å². The van der Waals surface area contributed by atoms with E-state index >= 15 is 0 Å². The third-order valence-electron chi connectivity index (χ3n) is 2.62. The zero-order valence-corrected chi connectivity index (χ0v) is 8.22. The molecule has 1 aliphatic carbocycles. The summed E-state index contributed by atoms with van der Waals surface area (Å²) in [4.78, 5) is 0. The molecule has 0 fully saturated rings. The molecule has 1 aromatic carbocycles. The predicted molar refractivity (Wildman–Crippen MR) is 51.0 cm³/mol. The largest absolute Gasteiger partial charge is 0.496 e. The van der Waals surface area contributed by atoms with Crippen LogP contribution in [-0.2, 0) is 12.0 Å². The highest BCUT2D eigenvalue weighted by atomic mass is 16.5. The molecule has 0 saturated heterocycles. The van der Waals surface area contributed by atoms with Gasteiger partial charge in [-0.3, -0.25) is 0 Å². The van der Waals surface area contributed by atoms with Crippen LogP contribution in [0, 0.1) is 6.92 Å². The van der Waals surface area contributed by atoms with E-state index in [-0.39, 0.29) is 0 Å². The van der Waals surface area contributed by atoms with E-state index in [2.05, 4.69) is 6.07 Å². The third kappa shape index (κ3) is 1.13. The number of methoxy groups -OCH3 is 1. The molecule has 2 heteroatoms. The van der Waals surface area contributed by atoms with Gasteiger partial charge in [-0.05, 0) is 31.0 Å². The summed E-state index contributed by atoms with van der Waals surface area (Å²) in [6.45, 7) is 3.86. The van der Waals surface area contributed by atoms with Gasteiger partial charge in [-0.25, -0.2) is 0 Å². The highest BCUT2D eigenvalue weighted by molar-refractivity contribution is 5.53. The Balaban J connectivity index is 2.58. The number of hydrogen-bond donors (Lipinski definition) is 1. The van der Waals surface area contributed by atoms with Gasteiger partial charge in [0.2, 0.25) is 0 Å². The summed E-state index contributed by atoms with van der Waals surface area (Å²) >= 11 is 0. The molecular weight excluding hydrogens is 164 g/mol. The van der Waals surface area contributed by atoms with Gasteiger partial charge in [-0.15, -0.1) is 0 Å². The van der Waals surface area contributed by atoms with Crippen LogP contribution in [0.2, 0.25) is 0 Å². The molecule has 0 heterocycles. The first-order valence-corrected chi connectivity index (χ1v) is 4.45. The van der Waals surface area contributed by atoms with Crippen LogP contribution in [0.1, 0.15) is 23.6 Å². The fraction of sp³-hybridized carbons (Fsp3) is 0.455. The second-order valence-electron chi connectivity index (χ2n) is 3.95. The van der Waals surface area contributed by atoms with Crippen molar-refractivity contribution >= 4 is 0 Å². The molecule has 0 amide bonds. The minimum atomic E-state index is -0.686. The van der Waals surface area contributed by atoms with Crippen molar-refractivity contribution in [1.29, 1.82) is 0 Å². The number of rotatable bonds is 1. The molecule has 1 atom stereocenters. The lowest BCUT2D eigenvalue weighted by Gasteiger charge is -2.37. The molecule has 0 radical (unpaired) electrons. The summed E-state index contributed by atoms with van der Waals surface area (Å²) in [5.41, 5.74) is 2.67.